The van der Waals surface area contributed by atoms with Crippen LogP contribution in [-0.4, -0.2) is 23.6 Å². The van der Waals surface area contributed by atoms with Crippen molar-refractivity contribution in [2.24, 2.45) is 5.92 Å². The van der Waals surface area contributed by atoms with Crippen molar-refractivity contribution in [3.05, 3.63) is 11.9 Å². The average molecular weight is 263 g/mol. The Bertz CT molecular complexity index is 389. The second-order valence-electron chi connectivity index (χ2n) is 5.32. The third-order valence-electron chi connectivity index (χ3n) is 3.82. The predicted molar refractivity (Wildman–Crippen MR) is 77.6 cm³/mol. The predicted octanol–water partition coefficient (Wildman–Crippen LogP) is 3.43. The van der Waals surface area contributed by atoms with Crippen molar-refractivity contribution in [3.8, 4) is 5.88 Å². The molecule has 0 bridgehead atoms. The lowest BCUT2D eigenvalue weighted by Gasteiger charge is -2.22. The van der Waals surface area contributed by atoms with E-state index in [9.17, 15) is 0 Å². The number of hydrogen-bond acceptors (Lipinski definition) is 4. The summed E-state index contributed by atoms with van der Waals surface area (Å²) in [7, 11) is 1.90. The van der Waals surface area contributed by atoms with Crippen LogP contribution in [0.25, 0.3) is 0 Å². The van der Waals surface area contributed by atoms with Crippen LogP contribution >= 0.6 is 0 Å². The highest BCUT2D eigenvalue weighted by Gasteiger charge is 2.16. The average Bonchev–Trinajstić information content (AvgIpc) is 2.47. The number of ether oxygens (including phenoxy) is 1. The molecule has 1 aromatic heterocycles. The summed E-state index contributed by atoms with van der Waals surface area (Å²) in [5.74, 6) is 2.37. The maximum Gasteiger partial charge on any atom is 0.221 e. The van der Waals surface area contributed by atoms with E-state index < -0.39 is 0 Å². The molecule has 19 heavy (non-hydrogen) atoms. The molecule has 0 radical (unpaired) electrons. The Morgan fingerprint density at radius 2 is 2.05 bits per heavy atom. The number of aromatic nitrogens is 2. The van der Waals surface area contributed by atoms with E-state index in [1.165, 1.54) is 32.1 Å². The number of anilines is 1. The van der Waals surface area contributed by atoms with Crippen molar-refractivity contribution in [1.82, 2.24) is 9.97 Å². The molecule has 4 heteroatoms. The van der Waals surface area contributed by atoms with Gasteiger partial charge in [0.25, 0.3) is 0 Å². The smallest absolute Gasteiger partial charge is 0.221 e. The van der Waals surface area contributed by atoms with E-state index in [0.717, 1.165) is 36.7 Å². The molecular formula is C15H25N3O. The van der Waals surface area contributed by atoms with E-state index in [1.54, 1.807) is 6.33 Å². The zero-order valence-electron chi connectivity index (χ0n) is 12.1. The van der Waals surface area contributed by atoms with Crippen molar-refractivity contribution < 1.29 is 4.74 Å². The quantitative estimate of drug-likeness (QED) is 0.854. The third kappa shape index (κ3) is 3.82. The second kappa shape index (κ2) is 7.31. The van der Waals surface area contributed by atoms with E-state index in [-0.39, 0.29) is 0 Å². The minimum atomic E-state index is 0.705. The van der Waals surface area contributed by atoms with Gasteiger partial charge in [-0.2, -0.15) is 0 Å². The molecule has 0 atom stereocenters. The Kier molecular flexibility index (Phi) is 5.43. The maximum absolute atomic E-state index is 5.98. The van der Waals surface area contributed by atoms with Gasteiger partial charge in [-0.05, 0) is 25.2 Å². The van der Waals surface area contributed by atoms with Crippen LogP contribution < -0.4 is 10.1 Å². The molecule has 1 N–H and O–H groups in total. The molecular weight excluding hydrogens is 238 g/mol. The zero-order valence-corrected chi connectivity index (χ0v) is 12.1. The monoisotopic (exact) mass is 263 g/mol. The zero-order chi connectivity index (χ0) is 13.5. The van der Waals surface area contributed by atoms with Crippen LogP contribution in [0.5, 0.6) is 5.88 Å². The standard InChI is InChI=1S/C15H25N3O/c1-3-7-13-14(16-2)17-11-18-15(13)19-10-12-8-5-4-6-9-12/h11-12H,3-10H2,1-2H3,(H,16,17,18). The molecule has 1 aliphatic carbocycles. The first-order valence-electron chi connectivity index (χ1n) is 7.49. The van der Waals surface area contributed by atoms with Crippen molar-refractivity contribution >= 4 is 5.82 Å². The Morgan fingerprint density at radius 3 is 2.74 bits per heavy atom. The number of hydrogen-bond donors (Lipinski definition) is 1. The molecule has 1 heterocycles. The summed E-state index contributed by atoms with van der Waals surface area (Å²) in [6, 6.07) is 0. The minimum absolute atomic E-state index is 0.705. The van der Waals surface area contributed by atoms with Crippen LogP contribution in [0.3, 0.4) is 0 Å². The van der Waals surface area contributed by atoms with Gasteiger partial charge in [0.15, 0.2) is 0 Å². The summed E-state index contributed by atoms with van der Waals surface area (Å²) in [6.07, 6.45) is 10.3. The molecule has 0 saturated heterocycles. The highest BCUT2D eigenvalue weighted by atomic mass is 16.5. The summed E-state index contributed by atoms with van der Waals surface area (Å²) in [5.41, 5.74) is 1.11. The number of rotatable bonds is 6. The molecule has 0 aliphatic heterocycles. The van der Waals surface area contributed by atoms with Crippen LogP contribution in [-0.2, 0) is 6.42 Å². The molecule has 1 fully saturated rings. The highest BCUT2D eigenvalue weighted by Crippen LogP contribution is 2.27. The first kappa shape index (κ1) is 14.1. The van der Waals surface area contributed by atoms with E-state index >= 15 is 0 Å². The lowest BCUT2D eigenvalue weighted by Crippen LogP contribution is -2.17. The fourth-order valence-electron chi connectivity index (χ4n) is 2.76. The van der Waals surface area contributed by atoms with Crippen LogP contribution in [0.15, 0.2) is 6.33 Å². The first-order chi connectivity index (χ1) is 9.35. The summed E-state index contributed by atoms with van der Waals surface area (Å²) in [6.45, 7) is 2.97. The molecule has 0 unspecified atom stereocenters. The van der Waals surface area contributed by atoms with Gasteiger partial charge in [0, 0.05) is 7.05 Å². The Morgan fingerprint density at radius 1 is 1.26 bits per heavy atom. The molecule has 0 spiro atoms. The van der Waals surface area contributed by atoms with Crippen LogP contribution in [0.2, 0.25) is 0 Å². The molecule has 4 nitrogen and oxygen atoms in total. The molecule has 1 aliphatic rings. The van der Waals surface area contributed by atoms with Gasteiger partial charge < -0.3 is 10.1 Å². The van der Waals surface area contributed by atoms with Gasteiger partial charge in [-0.3, -0.25) is 0 Å². The lowest BCUT2D eigenvalue weighted by atomic mass is 9.90. The van der Waals surface area contributed by atoms with Gasteiger partial charge >= 0.3 is 0 Å². The van der Waals surface area contributed by atoms with Gasteiger partial charge in [-0.15, -0.1) is 0 Å². The van der Waals surface area contributed by atoms with Crippen LogP contribution in [0.4, 0.5) is 5.82 Å². The second-order valence-corrected chi connectivity index (χ2v) is 5.32. The van der Waals surface area contributed by atoms with Crippen LogP contribution in [0, 0.1) is 5.92 Å². The Hall–Kier alpha value is -1.32. The molecule has 106 valence electrons. The largest absolute Gasteiger partial charge is 0.477 e. The first-order valence-corrected chi connectivity index (χ1v) is 7.49. The fraction of sp³-hybridized carbons (Fsp3) is 0.733. The van der Waals surface area contributed by atoms with Gasteiger partial charge in [0.1, 0.15) is 12.1 Å². The molecule has 0 aromatic carbocycles. The van der Waals surface area contributed by atoms with E-state index in [1.807, 2.05) is 7.05 Å². The molecule has 1 saturated carbocycles. The van der Waals surface area contributed by atoms with Crippen molar-refractivity contribution in [1.29, 1.82) is 0 Å². The summed E-state index contributed by atoms with van der Waals surface area (Å²) in [4.78, 5) is 8.59. The van der Waals surface area contributed by atoms with Gasteiger partial charge in [0.2, 0.25) is 5.88 Å². The normalized spacial score (nSPS) is 16.3. The SMILES string of the molecule is CCCc1c(NC)ncnc1OCC1CCCCC1. The third-order valence-corrected chi connectivity index (χ3v) is 3.82. The highest BCUT2D eigenvalue weighted by molar-refractivity contribution is 5.48. The van der Waals surface area contributed by atoms with E-state index in [0.29, 0.717) is 5.92 Å². The lowest BCUT2D eigenvalue weighted by molar-refractivity contribution is 0.201. The van der Waals surface area contributed by atoms with E-state index in [2.05, 4.69) is 22.2 Å². The van der Waals surface area contributed by atoms with Gasteiger partial charge in [-0.25, -0.2) is 9.97 Å². The van der Waals surface area contributed by atoms with Gasteiger partial charge in [-0.1, -0.05) is 32.6 Å². The fourth-order valence-corrected chi connectivity index (χ4v) is 2.76. The molecule has 2 rings (SSSR count). The number of nitrogens with zero attached hydrogens (tertiary/aromatic N) is 2. The Balaban J connectivity index is 2.01. The number of nitrogens with one attached hydrogen (secondary N) is 1. The molecule has 1 aromatic rings. The van der Waals surface area contributed by atoms with Crippen molar-refractivity contribution in [2.75, 3.05) is 19.0 Å². The molecule has 0 amide bonds. The van der Waals surface area contributed by atoms with Crippen molar-refractivity contribution in [2.45, 2.75) is 51.9 Å². The topological polar surface area (TPSA) is 47.0 Å². The van der Waals surface area contributed by atoms with Gasteiger partial charge in [0.05, 0.1) is 12.2 Å². The summed E-state index contributed by atoms with van der Waals surface area (Å²) in [5, 5.41) is 3.13. The van der Waals surface area contributed by atoms with Crippen LogP contribution in [0.1, 0.15) is 51.0 Å². The van der Waals surface area contributed by atoms with Crippen molar-refractivity contribution in [3.63, 3.8) is 0 Å². The Labute approximate surface area is 116 Å². The maximum atomic E-state index is 5.98. The summed E-state index contributed by atoms with van der Waals surface area (Å²) < 4.78 is 5.98. The summed E-state index contributed by atoms with van der Waals surface area (Å²) >= 11 is 0. The van der Waals surface area contributed by atoms with E-state index in [4.69, 9.17) is 4.74 Å². The minimum Gasteiger partial charge on any atom is -0.477 e.